The van der Waals surface area contributed by atoms with Crippen LogP contribution in [-0.2, 0) is 4.79 Å². The van der Waals surface area contributed by atoms with Gasteiger partial charge in [-0.3, -0.25) is 4.79 Å². The van der Waals surface area contributed by atoms with Crippen molar-refractivity contribution < 1.29 is 23.1 Å². The topological polar surface area (TPSA) is 99.6 Å². The number of benzene rings is 1. The van der Waals surface area contributed by atoms with Gasteiger partial charge in [0.2, 0.25) is 5.91 Å². The van der Waals surface area contributed by atoms with E-state index in [1.807, 2.05) is 18.2 Å². The first-order chi connectivity index (χ1) is 14.6. The first-order valence-corrected chi connectivity index (χ1v) is 10.8. The van der Waals surface area contributed by atoms with Crippen LogP contribution in [0, 0.1) is 5.92 Å². The van der Waals surface area contributed by atoms with Crippen molar-refractivity contribution in [3.63, 3.8) is 0 Å². The van der Waals surface area contributed by atoms with Gasteiger partial charge in [-0.2, -0.15) is 0 Å². The number of nitrogens with zero attached hydrogens (tertiary/aromatic N) is 2. The summed E-state index contributed by atoms with van der Waals surface area (Å²) in [5, 5.41) is 11.3. The standard InChI is InChI=1S/C21H23N3O5S/c1-13(2)19(14-6-7-15-17(11-14)28-10-4-9-26-15)22-18(25)12-30-21-24-23-20(29-21)16-5-3-8-27-16/h3,5-8,11,13,19H,4,9-10,12H2,1-2H3,(H,22,25)/t19-/m0/s1. The lowest BCUT2D eigenvalue weighted by molar-refractivity contribution is -0.119. The Kier molecular flexibility index (Phi) is 6.27. The molecule has 1 atom stereocenters. The van der Waals surface area contributed by atoms with Gasteiger partial charge in [-0.25, -0.2) is 0 Å². The highest BCUT2D eigenvalue weighted by Gasteiger charge is 2.22. The number of amides is 1. The molecule has 3 aromatic rings. The Balaban J connectivity index is 1.38. The van der Waals surface area contributed by atoms with Crippen molar-refractivity contribution in [2.24, 2.45) is 5.92 Å². The maximum Gasteiger partial charge on any atom is 0.284 e. The third-order valence-electron chi connectivity index (χ3n) is 4.58. The van der Waals surface area contributed by atoms with Crippen molar-refractivity contribution in [3.8, 4) is 23.1 Å². The molecule has 0 saturated heterocycles. The molecule has 8 nitrogen and oxygen atoms in total. The molecule has 0 bridgehead atoms. The molecule has 1 amide bonds. The average Bonchev–Trinajstić information content (AvgIpc) is 3.38. The van der Waals surface area contributed by atoms with E-state index in [1.165, 1.54) is 18.0 Å². The van der Waals surface area contributed by atoms with Crippen molar-refractivity contribution in [1.29, 1.82) is 0 Å². The highest BCUT2D eigenvalue weighted by atomic mass is 32.2. The predicted molar refractivity (Wildman–Crippen MR) is 110 cm³/mol. The second-order valence-electron chi connectivity index (χ2n) is 7.18. The smallest absolute Gasteiger partial charge is 0.284 e. The minimum absolute atomic E-state index is 0.122. The fraction of sp³-hybridized carbons (Fsp3) is 0.381. The van der Waals surface area contributed by atoms with Crippen LogP contribution in [0.25, 0.3) is 11.7 Å². The fourth-order valence-electron chi connectivity index (χ4n) is 3.12. The molecule has 4 rings (SSSR count). The number of rotatable bonds is 7. The van der Waals surface area contributed by atoms with Gasteiger partial charge < -0.3 is 23.6 Å². The van der Waals surface area contributed by atoms with Crippen molar-refractivity contribution in [2.75, 3.05) is 19.0 Å². The number of carbonyl (C=O) groups is 1. The summed E-state index contributed by atoms with van der Waals surface area (Å²) in [6.45, 7) is 5.39. The number of hydrogen-bond donors (Lipinski definition) is 1. The monoisotopic (exact) mass is 429 g/mol. The number of hydrogen-bond acceptors (Lipinski definition) is 8. The van der Waals surface area contributed by atoms with Gasteiger partial charge in [0.05, 0.1) is 31.3 Å². The zero-order chi connectivity index (χ0) is 20.9. The zero-order valence-corrected chi connectivity index (χ0v) is 17.6. The first-order valence-electron chi connectivity index (χ1n) is 9.79. The summed E-state index contributed by atoms with van der Waals surface area (Å²) in [4.78, 5) is 12.6. The van der Waals surface area contributed by atoms with Crippen molar-refractivity contribution in [2.45, 2.75) is 31.5 Å². The summed E-state index contributed by atoms with van der Waals surface area (Å²) >= 11 is 1.18. The summed E-state index contributed by atoms with van der Waals surface area (Å²) in [7, 11) is 0. The SMILES string of the molecule is CC(C)[C@H](NC(=O)CSc1nnc(-c2ccco2)o1)c1ccc2c(c1)OCCCO2. The maximum absolute atomic E-state index is 12.6. The van der Waals surface area contributed by atoms with Crippen LogP contribution in [0.3, 0.4) is 0 Å². The number of carbonyl (C=O) groups excluding carboxylic acids is 1. The molecule has 1 N–H and O–H groups in total. The van der Waals surface area contributed by atoms with Crippen molar-refractivity contribution in [1.82, 2.24) is 15.5 Å². The molecule has 0 saturated carbocycles. The molecule has 1 aliphatic heterocycles. The van der Waals surface area contributed by atoms with Gasteiger partial charge in [0.15, 0.2) is 17.3 Å². The van der Waals surface area contributed by atoms with E-state index >= 15 is 0 Å². The molecule has 0 radical (unpaired) electrons. The minimum atomic E-state index is -0.156. The van der Waals surface area contributed by atoms with E-state index in [9.17, 15) is 4.79 Å². The van der Waals surface area contributed by atoms with Gasteiger partial charge >= 0.3 is 0 Å². The molecule has 1 aromatic carbocycles. The summed E-state index contributed by atoms with van der Waals surface area (Å²) < 4.78 is 22.2. The molecule has 9 heteroatoms. The number of furan rings is 1. The van der Waals surface area contributed by atoms with Crippen LogP contribution in [-0.4, -0.2) is 35.1 Å². The first kappa shape index (κ1) is 20.3. The lowest BCUT2D eigenvalue weighted by atomic mass is 9.95. The third kappa shape index (κ3) is 4.79. The van der Waals surface area contributed by atoms with Crippen molar-refractivity contribution >= 4 is 17.7 Å². The number of ether oxygens (including phenoxy) is 2. The molecule has 1 aliphatic rings. The lowest BCUT2D eigenvalue weighted by Gasteiger charge is -2.23. The van der Waals surface area contributed by atoms with Gasteiger partial charge in [0, 0.05) is 6.42 Å². The Morgan fingerprint density at radius 1 is 1.17 bits per heavy atom. The largest absolute Gasteiger partial charge is 0.490 e. The Morgan fingerprint density at radius 2 is 2.00 bits per heavy atom. The molecule has 0 spiro atoms. The minimum Gasteiger partial charge on any atom is -0.490 e. The lowest BCUT2D eigenvalue weighted by Crippen LogP contribution is -2.33. The highest BCUT2D eigenvalue weighted by Crippen LogP contribution is 2.34. The fourth-order valence-corrected chi connectivity index (χ4v) is 3.69. The summed E-state index contributed by atoms with van der Waals surface area (Å²) in [5.41, 5.74) is 0.977. The molecular formula is C21H23N3O5S. The molecule has 0 unspecified atom stereocenters. The van der Waals surface area contributed by atoms with E-state index in [0.717, 1.165) is 23.5 Å². The van der Waals surface area contributed by atoms with Crippen LogP contribution in [0.1, 0.15) is 31.9 Å². The van der Waals surface area contributed by atoms with Crippen LogP contribution < -0.4 is 14.8 Å². The Hall–Kier alpha value is -2.94. The Morgan fingerprint density at radius 3 is 2.77 bits per heavy atom. The van der Waals surface area contributed by atoms with Crippen LogP contribution in [0.5, 0.6) is 11.5 Å². The van der Waals surface area contributed by atoms with Gasteiger partial charge in [-0.1, -0.05) is 31.7 Å². The normalized spacial score (nSPS) is 14.4. The van der Waals surface area contributed by atoms with E-state index < -0.39 is 0 Å². The van der Waals surface area contributed by atoms with Gasteiger partial charge in [-0.05, 0) is 35.7 Å². The number of aromatic nitrogens is 2. The second-order valence-corrected chi connectivity index (χ2v) is 8.11. The third-order valence-corrected chi connectivity index (χ3v) is 5.40. The quantitative estimate of drug-likeness (QED) is 0.561. The summed E-state index contributed by atoms with van der Waals surface area (Å²) in [6.07, 6.45) is 2.38. The number of fused-ring (bicyclic) bond motifs is 1. The Labute approximate surface area is 178 Å². The second kappa shape index (κ2) is 9.25. The Bertz CT molecular complexity index is 986. The zero-order valence-electron chi connectivity index (χ0n) is 16.8. The van der Waals surface area contributed by atoms with E-state index in [4.69, 9.17) is 18.3 Å². The number of thioether (sulfide) groups is 1. The van der Waals surface area contributed by atoms with Crippen LogP contribution in [0.15, 0.2) is 50.7 Å². The number of nitrogens with one attached hydrogen (secondary N) is 1. The van der Waals surface area contributed by atoms with E-state index in [0.29, 0.717) is 24.2 Å². The molecule has 158 valence electrons. The molecule has 0 fully saturated rings. The summed E-state index contributed by atoms with van der Waals surface area (Å²) in [5.74, 6) is 2.47. The molecular weight excluding hydrogens is 406 g/mol. The van der Waals surface area contributed by atoms with E-state index in [1.54, 1.807) is 12.1 Å². The highest BCUT2D eigenvalue weighted by molar-refractivity contribution is 7.99. The van der Waals surface area contributed by atoms with Gasteiger partial charge in [0.25, 0.3) is 11.1 Å². The van der Waals surface area contributed by atoms with Gasteiger partial charge in [-0.15, -0.1) is 10.2 Å². The van der Waals surface area contributed by atoms with E-state index in [2.05, 4.69) is 29.4 Å². The molecule has 30 heavy (non-hydrogen) atoms. The van der Waals surface area contributed by atoms with Crippen LogP contribution in [0.4, 0.5) is 0 Å². The maximum atomic E-state index is 12.6. The molecule has 3 heterocycles. The summed E-state index contributed by atoms with van der Waals surface area (Å²) in [6, 6.07) is 9.14. The van der Waals surface area contributed by atoms with Crippen LogP contribution >= 0.6 is 11.8 Å². The predicted octanol–water partition coefficient (Wildman–Crippen LogP) is 4.10. The van der Waals surface area contributed by atoms with Gasteiger partial charge in [0.1, 0.15) is 0 Å². The average molecular weight is 429 g/mol. The van der Waals surface area contributed by atoms with Crippen molar-refractivity contribution in [3.05, 3.63) is 42.2 Å². The van der Waals surface area contributed by atoms with E-state index in [-0.39, 0.29) is 29.5 Å². The molecule has 2 aromatic heterocycles. The van der Waals surface area contributed by atoms with Crippen LogP contribution in [0.2, 0.25) is 0 Å². The molecule has 0 aliphatic carbocycles.